The van der Waals surface area contributed by atoms with E-state index in [9.17, 15) is 13.4 Å². The van der Waals surface area contributed by atoms with E-state index in [1.807, 2.05) is 6.92 Å². The molecule has 0 aliphatic carbocycles. The van der Waals surface area contributed by atoms with Crippen LogP contribution in [-0.4, -0.2) is 25.1 Å². The Kier molecular flexibility index (Phi) is 4.58. The number of aryl methyl sites for hydroxylation is 2. The number of rotatable bonds is 4. The summed E-state index contributed by atoms with van der Waals surface area (Å²) in [4.78, 5) is 11.2. The molecule has 1 unspecified atom stereocenters. The first-order valence-corrected chi connectivity index (χ1v) is 8.01. The van der Waals surface area contributed by atoms with Crippen molar-refractivity contribution in [3.05, 3.63) is 45.4 Å². The Morgan fingerprint density at radius 2 is 2.19 bits per heavy atom. The third-order valence-corrected chi connectivity index (χ3v) is 5.31. The minimum atomic E-state index is -1.50. The van der Waals surface area contributed by atoms with Crippen LogP contribution in [0.4, 0.5) is 4.39 Å². The van der Waals surface area contributed by atoms with Crippen molar-refractivity contribution in [3.8, 4) is 0 Å². The number of carboxylic acid groups (broad SMARTS) is 1. The fourth-order valence-electron chi connectivity index (χ4n) is 1.85. The van der Waals surface area contributed by atoms with Crippen LogP contribution in [0.5, 0.6) is 0 Å². The summed E-state index contributed by atoms with van der Waals surface area (Å²) in [6.45, 7) is 1.82. The Balaban J connectivity index is 2.33. The second-order valence-corrected chi connectivity index (χ2v) is 6.65. The smallest absolute Gasteiger partial charge is 0.338 e. The first-order chi connectivity index (χ1) is 9.81. The van der Waals surface area contributed by atoms with Gasteiger partial charge in [-0.25, -0.2) is 9.18 Å². The van der Waals surface area contributed by atoms with E-state index in [4.69, 9.17) is 5.11 Å². The predicted molar refractivity (Wildman–Crippen MR) is 79.1 cm³/mol. The molecular formula is C13H12BrFN2O3S. The number of carboxylic acids is 1. The Hall–Kier alpha value is -1.54. The summed E-state index contributed by atoms with van der Waals surface area (Å²) in [5, 5.41) is 13.1. The van der Waals surface area contributed by atoms with Gasteiger partial charge < -0.3 is 5.11 Å². The van der Waals surface area contributed by atoms with Crippen molar-refractivity contribution in [2.24, 2.45) is 7.05 Å². The van der Waals surface area contributed by atoms with Gasteiger partial charge in [-0.1, -0.05) is 0 Å². The third kappa shape index (κ3) is 3.21. The van der Waals surface area contributed by atoms with Crippen LogP contribution in [0.2, 0.25) is 0 Å². The fourth-order valence-corrected chi connectivity index (χ4v) is 3.73. The summed E-state index contributed by atoms with van der Waals surface area (Å²) in [5.74, 6) is -2.08. The summed E-state index contributed by atoms with van der Waals surface area (Å²) in [6, 6.07) is 3.44. The lowest BCUT2D eigenvalue weighted by Gasteiger charge is -2.06. The van der Waals surface area contributed by atoms with Crippen molar-refractivity contribution in [1.29, 1.82) is 0 Å². The summed E-state index contributed by atoms with van der Waals surface area (Å²) < 4.78 is 28.1. The zero-order valence-electron chi connectivity index (χ0n) is 11.3. The molecule has 8 heteroatoms. The molecule has 0 amide bonds. The molecule has 1 atom stereocenters. The maximum atomic E-state index is 13.3. The number of hydrogen-bond acceptors (Lipinski definition) is 3. The van der Waals surface area contributed by atoms with Crippen LogP contribution in [0, 0.1) is 12.7 Å². The van der Waals surface area contributed by atoms with E-state index in [1.165, 1.54) is 6.07 Å². The number of halogens is 2. The monoisotopic (exact) mass is 374 g/mol. The standard InChI is InChI=1S/C13H12BrFN2O3S/c1-7-12(14)11(17(2)16-7)6-21(20)8-3-4-10(15)9(5-8)13(18)19/h3-5H,6H2,1-2H3,(H,18,19). The van der Waals surface area contributed by atoms with Crippen molar-refractivity contribution >= 4 is 32.7 Å². The molecule has 1 aromatic heterocycles. The Morgan fingerprint density at radius 1 is 1.52 bits per heavy atom. The number of aromatic carboxylic acids is 1. The van der Waals surface area contributed by atoms with E-state index >= 15 is 0 Å². The maximum absolute atomic E-state index is 13.3. The van der Waals surface area contributed by atoms with E-state index in [0.717, 1.165) is 28.0 Å². The first kappa shape index (κ1) is 15.8. The molecule has 0 aliphatic rings. The molecule has 5 nitrogen and oxygen atoms in total. The lowest BCUT2D eigenvalue weighted by atomic mass is 10.2. The number of aromatic nitrogens is 2. The average Bonchev–Trinajstić information content (AvgIpc) is 2.65. The van der Waals surface area contributed by atoms with Crippen LogP contribution in [0.15, 0.2) is 27.6 Å². The zero-order valence-corrected chi connectivity index (χ0v) is 13.7. The quantitative estimate of drug-likeness (QED) is 0.892. The minimum absolute atomic E-state index is 0.155. The molecule has 0 bridgehead atoms. The van der Waals surface area contributed by atoms with Gasteiger partial charge in [0.2, 0.25) is 0 Å². The van der Waals surface area contributed by atoms with Gasteiger partial charge in [0.25, 0.3) is 0 Å². The van der Waals surface area contributed by atoms with Crippen molar-refractivity contribution in [3.63, 3.8) is 0 Å². The SMILES string of the molecule is Cc1nn(C)c(CS(=O)c2ccc(F)c(C(=O)O)c2)c1Br. The van der Waals surface area contributed by atoms with Gasteiger partial charge in [-0.2, -0.15) is 5.10 Å². The van der Waals surface area contributed by atoms with Crippen molar-refractivity contribution < 1.29 is 18.5 Å². The van der Waals surface area contributed by atoms with Gasteiger partial charge in [-0.15, -0.1) is 0 Å². The van der Waals surface area contributed by atoms with Crippen LogP contribution in [0.25, 0.3) is 0 Å². The predicted octanol–water partition coefficient (Wildman–Crippen LogP) is 2.64. The van der Waals surface area contributed by atoms with Gasteiger partial charge in [-0.3, -0.25) is 8.89 Å². The van der Waals surface area contributed by atoms with E-state index in [2.05, 4.69) is 21.0 Å². The topological polar surface area (TPSA) is 72.2 Å². The van der Waals surface area contributed by atoms with Gasteiger partial charge in [0.1, 0.15) is 5.82 Å². The van der Waals surface area contributed by atoms with Crippen LogP contribution >= 0.6 is 15.9 Å². The van der Waals surface area contributed by atoms with Gasteiger partial charge in [0.05, 0.1) is 38.0 Å². The normalized spacial score (nSPS) is 12.4. The highest BCUT2D eigenvalue weighted by atomic mass is 79.9. The highest BCUT2D eigenvalue weighted by Crippen LogP contribution is 2.24. The van der Waals surface area contributed by atoms with Crippen LogP contribution in [-0.2, 0) is 23.6 Å². The Labute approximate surface area is 131 Å². The summed E-state index contributed by atoms with van der Waals surface area (Å²) in [6.07, 6.45) is 0. The van der Waals surface area contributed by atoms with Gasteiger partial charge in [0.15, 0.2) is 0 Å². The van der Waals surface area contributed by atoms with Crippen LogP contribution in [0.1, 0.15) is 21.7 Å². The molecule has 0 saturated carbocycles. The van der Waals surface area contributed by atoms with Crippen LogP contribution < -0.4 is 0 Å². The molecule has 0 radical (unpaired) electrons. The fraction of sp³-hybridized carbons (Fsp3) is 0.231. The van der Waals surface area contributed by atoms with E-state index < -0.39 is 28.1 Å². The molecule has 1 aromatic carbocycles. The number of nitrogens with zero attached hydrogens (tertiary/aromatic N) is 2. The maximum Gasteiger partial charge on any atom is 0.338 e. The number of carbonyl (C=O) groups is 1. The minimum Gasteiger partial charge on any atom is -0.478 e. The molecule has 0 fully saturated rings. The molecule has 1 N–H and O–H groups in total. The van der Waals surface area contributed by atoms with Gasteiger partial charge >= 0.3 is 5.97 Å². The molecule has 0 saturated heterocycles. The third-order valence-electron chi connectivity index (χ3n) is 2.96. The lowest BCUT2D eigenvalue weighted by molar-refractivity contribution is 0.0691. The van der Waals surface area contributed by atoms with Crippen LogP contribution in [0.3, 0.4) is 0 Å². The number of benzene rings is 1. The summed E-state index contributed by atoms with van der Waals surface area (Å²) in [7, 11) is 0.236. The van der Waals surface area contributed by atoms with Crippen molar-refractivity contribution in [1.82, 2.24) is 9.78 Å². The first-order valence-electron chi connectivity index (χ1n) is 5.90. The largest absolute Gasteiger partial charge is 0.478 e. The molecule has 0 spiro atoms. The van der Waals surface area contributed by atoms with Crippen molar-refractivity contribution in [2.75, 3.05) is 0 Å². The van der Waals surface area contributed by atoms with E-state index in [0.29, 0.717) is 0 Å². The molecule has 21 heavy (non-hydrogen) atoms. The molecule has 2 rings (SSSR count). The summed E-state index contributed by atoms with van der Waals surface area (Å²) >= 11 is 3.38. The second kappa shape index (κ2) is 6.07. The molecule has 0 aliphatic heterocycles. The molecule has 1 heterocycles. The highest BCUT2D eigenvalue weighted by molar-refractivity contribution is 9.10. The molecule has 112 valence electrons. The second-order valence-electron chi connectivity index (χ2n) is 4.41. The highest BCUT2D eigenvalue weighted by Gasteiger charge is 2.17. The number of hydrogen-bond donors (Lipinski definition) is 1. The van der Waals surface area contributed by atoms with E-state index in [-0.39, 0.29) is 10.6 Å². The van der Waals surface area contributed by atoms with Gasteiger partial charge in [-0.05, 0) is 41.1 Å². The average molecular weight is 375 g/mol. The molecular weight excluding hydrogens is 363 g/mol. The molecule has 2 aromatic rings. The Morgan fingerprint density at radius 3 is 2.71 bits per heavy atom. The lowest BCUT2D eigenvalue weighted by Crippen LogP contribution is -2.06. The van der Waals surface area contributed by atoms with E-state index in [1.54, 1.807) is 11.7 Å². The van der Waals surface area contributed by atoms with Gasteiger partial charge in [0, 0.05) is 11.9 Å². The zero-order chi connectivity index (χ0) is 15.7. The van der Waals surface area contributed by atoms with Crippen molar-refractivity contribution in [2.45, 2.75) is 17.6 Å². The summed E-state index contributed by atoms with van der Waals surface area (Å²) in [5.41, 5.74) is 1.02. The Bertz CT molecular complexity index is 745.